The quantitative estimate of drug-likeness (QED) is 0.347. The fraction of sp³-hybridized carbons (Fsp3) is 0.190. The Kier molecular flexibility index (Phi) is 6.49. The van der Waals surface area contributed by atoms with Gasteiger partial charge in [-0.2, -0.15) is 10.2 Å². The van der Waals surface area contributed by atoms with Gasteiger partial charge < -0.3 is 10.6 Å². The number of H-pyrrole nitrogens is 1. The van der Waals surface area contributed by atoms with Crippen LogP contribution in [0.2, 0.25) is 10.0 Å². The highest BCUT2D eigenvalue weighted by molar-refractivity contribution is 6.36. The maximum absolute atomic E-state index is 13.4. The number of alkyl halides is 2. The first-order chi connectivity index (χ1) is 16.2. The third kappa shape index (κ3) is 4.44. The minimum absolute atomic E-state index is 0.0193. The van der Waals surface area contributed by atoms with Crippen LogP contribution < -0.4 is 10.6 Å². The Bertz CT molecular complexity index is 1400. The van der Waals surface area contributed by atoms with Gasteiger partial charge in [0.15, 0.2) is 5.82 Å². The number of halogens is 4. The van der Waals surface area contributed by atoms with Crippen molar-refractivity contribution < 1.29 is 18.4 Å². The Balaban J connectivity index is 1.83. The van der Waals surface area contributed by atoms with E-state index >= 15 is 0 Å². The molecule has 0 radical (unpaired) electrons. The zero-order valence-electron chi connectivity index (χ0n) is 17.7. The maximum Gasteiger partial charge on any atom is 0.282 e. The summed E-state index contributed by atoms with van der Waals surface area (Å²) in [6, 6.07) is 5.24. The molecule has 34 heavy (non-hydrogen) atoms. The van der Waals surface area contributed by atoms with Crippen LogP contribution in [0.3, 0.4) is 0 Å². The summed E-state index contributed by atoms with van der Waals surface area (Å²) in [6.07, 6.45) is -0.0941. The lowest BCUT2D eigenvalue weighted by atomic mass is 10.1. The van der Waals surface area contributed by atoms with E-state index < -0.39 is 23.9 Å². The second-order valence-corrected chi connectivity index (χ2v) is 8.32. The molecule has 0 aliphatic carbocycles. The summed E-state index contributed by atoms with van der Waals surface area (Å²) in [4.78, 5) is 30.3. The summed E-state index contributed by atoms with van der Waals surface area (Å²) in [5.74, 6) is -1.40. The predicted octanol–water partition coefficient (Wildman–Crippen LogP) is 4.78. The molecule has 3 N–H and O–H groups in total. The van der Waals surface area contributed by atoms with Crippen molar-refractivity contribution in [2.45, 2.75) is 26.3 Å². The van der Waals surface area contributed by atoms with Crippen LogP contribution in [0.15, 0.2) is 36.7 Å². The molecule has 9 nitrogen and oxygen atoms in total. The Hall–Kier alpha value is -3.57. The van der Waals surface area contributed by atoms with Crippen LogP contribution in [-0.2, 0) is 0 Å². The molecule has 0 atom stereocenters. The van der Waals surface area contributed by atoms with Gasteiger partial charge in [-0.25, -0.2) is 18.4 Å². The third-order valence-electron chi connectivity index (χ3n) is 4.70. The van der Waals surface area contributed by atoms with Crippen molar-refractivity contribution in [3.05, 3.63) is 63.7 Å². The second-order valence-electron chi connectivity index (χ2n) is 7.50. The summed E-state index contributed by atoms with van der Waals surface area (Å²) in [5.41, 5.74) is -0.586. The van der Waals surface area contributed by atoms with Crippen LogP contribution in [0, 0.1) is 0 Å². The van der Waals surface area contributed by atoms with Crippen LogP contribution in [0.5, 0.6) is 0 Å². The molecule has 0 spiro atoms. The summed E-state index contributed by atoms with van der Waals surface area (Å²) < 4.78 is 27.7. The van der Waals surface area contributed by atoms with Crippen LogP contribution in [0.1, 0.15) is 46.8 Å². The van der Waals surface area contributed by atoms with Crippen molar-refractivity contribution in [2.24, 2.45) is 0 Å². The molecular weight excluding hydrogens is 491 g/mol. The normalized spacial score (nSPS) is 11.4. The zero-order valence-corrected chi connectivity index (χ0v) is 19.2. The van der Waals surface area contributed by atoms with E-state index in [1.807, 2.05) is 0 Å². The molecule has 13 heteroatoms. The molecule has 176 valence electrons. The summed E-state index contributed by atoms with van der Waals surface area (Å²) in [5, 5.41) is 16.4. The van der Waals surface area contributed by atoms with E-state index in [9.17, 15) is 18.4 Å². The number of aromatic amines is 1. The molecule has 0 saturated heterocycles. The SMILES string of the molecule is CC(C)NC(=O)c1c(NC(=O)c2cc(C(F)F)nn2-c2ncccc2Cl)c(Cl)cc2cn[nH]c12. The topological polar surface area (TPSA) is 118 Å². The summed E-state index contributed by atoms with van der Waals surface area (Å²) in [7, 11) is 0. The number of pyridine rings is 1. The molecule has 3 heterocycles. The molecule has 3 aromatic heterocycles. The Morgan fingerprint density at radius 2 is 1.91 bits per heavy atom. The zero-order chi connectivity index (χ0) is 24.6. The first-order valence-corrected chi connectivity index (χ1v) is 10.7. The molecule has 4 aromatic rings. The van der Waals surface area contributed by atoms with Crippen molar-refractivity contribution in [2.75, 3.05) is 5.32 Å². The fourth-order valence-electron chi connectivity index (χ4n) is 3.28. The van der Waals surface area contributed by atoms with Gasteiger partial charge in [0, 0.05) is 17.6 Å². The van der Waals surface area contributed by atoms with Gasteiger partial charge in [-0.3, -0.25) is 14.7 Å². The molecular formula is C21H17Cl2F2N7O2. The maximum atomic E-state index is 13.4. The van der Waals surface area contributed by atoms with Gasteiger partial charge >= 0.3 is 0 Å². The van der Waals surface area contributed by atoms with Crippen molar-refractivity contribution in [1.82, 2.24) is 30.3 Å². The first kappa shape index (κ1) is 23.6. The Labute approximate surface area is 201 Å². The fourth-order valence-corrected chi connectivity index (χ4v) is 3.74. The van der Waals surface area contributed by atoms with Gasteiger partial charge in [0.05, 0.1) is 33.0 Å². The number of nitrogens with zero attached hydrogens (tertiary/aromatic N) is 4. The molecule has 0 saturated carbocycles. The van der Waals surface area contributed by atoms with E-state index in [1.165, 1.54) is 24.5 Å². The van der Waals surface area contributed by atoms with Gasteiger partial charge in [0.1, 0.15) is 11.4 Å². The van der Waals surface area contributed by atoms with E-state index in [-0.39, 0.29) is 38.8 Å². The highest BCUT2D eigenvalue weighted by Crippen LogP contribution is 2.34. The molecule has 0 bridgehead atoms. The molecule has 1 aromatic carbocycles. The van der Waals surface area contributed by atoms with Crippen molar-refractivity contribution in [3.8, 4) is 5.82 Å². The number of carbonyl (C=O) groups excluding carboxylic acids is 2. The van der Waals surface area contributed by atoms with Gasteiger partial charge in [-0.15, -0.1) is 0 Å². The van der Waals surface area contributed by atoms with E-state index in [1.54, 1.807) is 19.9 Å². The summed E-state index contributed by atoms with van der Waals surface area (Å²) >= 11 is 12.6. The van der Waals surface area contributed by atoms with Crippen LogP contribution in [0.4, 0.5) is 14.5 Å². The van der Waals surface area contributed by atoms with E-state index in [0.717, 1.165) is 10.7 Å². The average Bonchev–Trinajstić information content (AvgIpc) is 3.41. The number of rotatable bonds is 6. The highest BCUT2D eigenvalue weighted by atomic mass is 35.5. The monoisotopic (exact) mass is 507 g/mol. The average molecular weight is 508 g/mol. The second kappa shape index (κ2) is 9.35. The third-order valence-corrected chi connectivity index (χ3v) is 5.29. The number of benzene rings is 1. The molecule has 0 unspecified atom stereocenters. The van der Waals surface area contributed by atoms with Crippen LogP contribution in [-0.4, -0.2) is 42.8 Å². The predicted molar refractivity (Wildman–Crippen MR) is 123 cm³/mol. The molecule has 0 aliphatic heterocycles. The number of fused-ring (bicyclic) bond motifs is 1. The lowest BCUT2D eigenvalue weighted by Crippen LogP contribution is -2.31. The molecule has 4 rings (SSSR count). The number of hydrogen-bond donors (Lipinski definition) is 3. The minimum Gasteiger partial charge on any atom is -0.350 e. The number of aromatic nitrogens is 5. The van der Waals surface area contributed by atoms with E-state index in [4.69, 9.17) is 23.2 Å². The molecule has 0 aliphatic rings. The van der Waals surface area contributed by atoms with Gasteiger partial charge in [-0.05, 0) is 38.1 Å². The highest BCUT2D eigenvalue weighted by Gasteiger charge is 2.27. The smallest absolute Gasteiger partial charge is 0.282 e. The Morgan fingerprint density at radius 1 is 1.15 bits per heavy atom. The van der Waals surface area contributed by atoms with Gasteiger partial charge in [0.25, 0.3) is 18.2 Å². The lowest BCUT2D eigenvalue weighted by Gasteiger charge is -2.16. The van der Waals surface area contributed by atoms with Gasteiger partial charge in [-0.1, -0.05) is 23.2 Å². The van der Waals surface area contributed by atoms with Crippen molar-refractivity contribution in [3.63, 3.8) is 0 Å². The number of amides is 2. The molecule has 2 amide bonds. The van der Waals surface area contributed by atoms with Crippen LogP contribution in [0.25, 0.3) is 16.7 Å². The van der Waals surface area contributed by atoms with Gasteiger partial charge in [0.2, 0.25) is 0 Å². The Morgan fingerprint density at radius 3 is 2.59 bits per heavy atom. The number of hydrogen-bond acceptors (Lipinski definition) is 5. The minimum atomic E-state index is -2.95. The van der Waals surface area contributed by atoms with Crippen molar-refractivity contribution >= 4 is 51.6 Å². The first-order valence-electron chi connectivity index (χ1n) is 9.94. The number of anilines is 1. The van der Waals surface area contributed by atoms with Crippen LogP contribution >= 0.6 is 23.2 Å². The number of carbonyl (C=O) groups is 2. The largest absolute Gasteiger partial charge is 0.350 e. The standard InChI is InChI=1S/C21H17Cl2F2N7O2/c1-9(2)28-21(34)15-16-10(8-27-30-16)6-12(23)17(15)29-20(33)14-7-13(18(24)25)31-32(14)19-11(22)4-3-5-26-19/h3-9,18H,1-2H3,(H,27,30)(H,28,34)(H,29,33). The lowest BCUT2D eigenvalue weighted by molar-refractivity contribution is 0.0945. The molecule has 0 fully saturated rings. The number of nitrogens with one attached hydrogen (secondary N) is 3. The van der Waals surface area contributed by atoms with E-state index in [2.05, 4.69) is 30.9 Å². The summed E-state index contributed by atoms with van der Waals surface area (Å²) in [6.45, 7) is 3.54. The van der Waals surface area contributed by atoms with E-state index in [0.29, 0.717) is 10.9 Å². The van der Waals surface area contributed by atoms with Crippen molar-refractivity contribution in [1.29, 1.82) is 0 Å².